The Hall–Kier alpha value is -3.49. The first-order chi connectivity index (χ1) is 16.3. The van der Waals surface area contributed by atoms with Gasteiger partial charge in [-0.15, -0.1) is 0 Å². The van der Waals surface area contributed by atoms with Gasteiger partial charge >= 0.3 is 0 Å². The maximum absolute atomic E-state index is 13.5. The van der Waals surface area contributed by atoms with E-state index in [0.29, 0.717) is 34.2 Å². The van der Waals surface area contributed by atoms with Crippen LogP contribution >= 0.6 is 11.6 Å². The van der Waals surface area contributed by atoms with Crippen molar-refractivity contribution in [2.24, 2.45) is 7.05 Å². The Morgan fingerprint density at radius 2 is 1.82 bits per heavy atom. The third-order valence-electron chi connectivity index (χ3n) is 6.31. The molecule has 1 aromatic carbocycles. The first-order valence-corrected chi connectivity index (χ1v) is 11.5. The molecule has 0 bridgehead atoms. The van der Waals surface area contributed by atoms with Crippen molar-refractivity contribution < 1.29 is 4.79 Å². The van der Waals surface area contributed by atoms with Gasteiger partial charge in [-0.2, -0.15) is 0 Å². The van der Waals surface area contributed by atoms with E-state index in [9.17, 15) is 9.59 Å². The summed E-state index contributed by atoms with van der Waals surface area (Å²) in [7, 11) is 5.69. The third kappa shape index (κ3) is 3.78. The average Bonchev–Trinajstić information content (AvgIpc) is 3.21. The molecule has 1 aliphatic heterocycles. The number of carbonyl (C=O) groups excluding carboxylic acids is 1. The van der Waals surface area contributed by atoms with Crippen molar-refractivity contribution in [1.29, 1.82) is 0 Å². The highest BCUT2D eigenvalue weighted by molar-refractivity contribution is 6.30. The van der Waals surface area contributed by atoms with Gasteiger partial charge in [-0.1, -0.05) is 11.6 Å². The number of aryl methyl sites for hydroxylation is 1. The van der Waals surface area contributed by atoms with Crippen LogP contribution in [0.4, 0.5) is 5.69 Å². The summed E-state index contributed by atoms with van der Waals surface area (Å²) in [4.78, 5) is 39.5. The molecule has 4 aromatic rings. The Kier molecular flexibility index (Phi) is 5.71. The summed E-state index contributed by atoms with van der Waals surface area (Å²) in [5.74, 6) is 1.01. The molecule has 3 aromatic heterocycles. The molecule has 0 radical (unpaired) electrons. The number of benzene rings is 1. The van der Waals surface area contributed by atoms with Crippen LogP contribution in [0, 0.1) is 0 Å². The van der Waals surface area contributed by atoms with Crippen molar-refractivity contribution in [3.05, 3.63) is 70.2 Å². The summed E-state index contributed by atoms with van der Waals surface area (Å²) in [5.41, 5.74) is 2.46. The van der Waals surface area contributed by atoms with Gasteiger partial charge in [-0.3, -0.25) is 14.5 Å². The standard InChI is InChI=1S/C25H25ClN6O2/c1-29(2)20-5-4-13-31(24(20)33)18-9-6-16(7-10-18)23-28-19-12-14-30(3)22(19)25(34)32(23)21-11-8-17(26)15-27-21/h6-12,14-15,20H,4-5,13H2,1-3H3. The maximum Gasteiger partial charge on any atom is 0.284 e. The van der Waals surface area contributed by atoms with Crippen molar-refractivity contribution in [3.63, 3.8) is 0 Å². The van der Waals surface area contributed by atoms with E-state index in [2.05, 4.69) is 4.98 Å². The van der Waals surface area contributed by atoms with E-state index in [1.165, 1.54) is 10.8 Å². The van der Waals surface area contributed by atoms with Crippen molar-refractivity contribution in [1.82, 2.24) is 24.0 Å². The highest BCUT2D eigenvalue weighted by atomic mass is 35.5. The number of likely N-dealkylation sites (N-methyl/N-ethyl adjacent to an activating group) is 1. The number of piperidine rings is 1. The predicted molar refractivity (Wildman–Crippen MR) is 134 cm³/mol. The zero-order chi connectivity index (χ0) is 24.0. The number of pyridine rings is 1. The minimum atomic E-state index is -0.216. The van der Waals surface area contributed by atoms with E-state index in [-0.39, 0.29) is 17.5 Å². The maximum atomic E-state index is 13.5. The van der Waals surface area contributed by atoms with Gasteiger partial charge in [0.1, 0.15) is 17.2 Å². The van der Waals surface area contributed by atoms with Crippen LogP contribution in [0.2, 0.25) is 5.02 Å². The van der Waals surface area contributed by atoms with Gasteiger partial charge in [0.2, 0.25) is 5.91 Å². The molecule has 4 heterocycles. The normalized spacial score (nSPS) is 16.6. The van der Waals surface area contributed by atoms with Crippen molar-refractivity contribution in [2.45, 2.75) is 18.9 Å². The molecule has 0 aliphatic carbocycles. The zero-order valence-electron chi connectivity index (χ0n) is 19.3. The Morgan fingerprint density at radius 3 is 2.50 bits per heavy atom. The van der Waals surface area contributed by atoms with Crippen molar-refractivity contribution >= 4 is 34.2 Å². The molecule has 1 saturated heterocycles. The largest absolute Gasteiger partial charge is 0.345 e. The fraction of sp³-hybridized carbons (Fsp3) is 0.280. The van der Waals surface area contributed by atoms with E-state index in [1.54, 1.807) is 16.7 Å². The first-order valence-electron chi connectivity index (χ1n) is 11.1. The summed E-state index contributed by atoms with van der Waals surface area (Å²) in [6.45, 7) is 0.691. The molecule has 1 amide bonds. The van der Waals surface area contributed by atoms with Gasteiger partial charge in [-0.25, -0.2) is 14.5 Å². The summed E-state index contributed by atoms with van der Waals surface area (Å²) >= 11 is 6.03. The lowest BCUT2D eigenvalue weighted by molar-refractivity contribution is -0.124. The molecule has 8 nitrogen and oxygen atoms in total. The number of amides is 1. The third-order valence-corrected chi connectivity index (χ3v) is 6.53. The Bertz CT molecular complexity index is 1420. The fourth-order valence-corrected chi connectivity index (χ4v) is 4.63. The smallest absolute Gasteiger partial charge is 0.284 e. The number of aromatic nitrogens is 4. The second-order valence-corrected chi connectivity index (χ2v) is 9.17. The highest BCUT2D eigenvalue weighted by Crippen LogP contribution is 2.27. The van der Waals surface area contributed by atoms with Gasteiger partial charge in [0, 0.05) is 37.2 Å². The van der Waals surface area contributed by atoms with Crippen molar-refractivity contribution in [2.75, 3.05) is 25.5 Å². The van der Waals surface area contributed by atoms with Crippen LogP contribution in [0.3, 0.4) is 0 Å². The molecule has 1 fully saturated rings. The lowest BCUT2D eigenvalue weighted by atomic mass is 10.0. The molecule has 0 saturated carbocycles. The molecule has 1 aliphatic rings. The van der Waals surface area contributed by atoms with Crippen LogP contribution < -0.4 is 10.5 Å². The van der Waals surface area contributed by atoms with E-state index in [1.807, 2.05) is 67.5 Å². The van der Waals surface area contributed by atoms with Gasteiger partial charge in [0.25, 0.3) is 5.56 Å². The highest BCUT2D eigenvalue weighted by Gasteiger charge is 2.31. The van der Waals surface area contributed by atoms with Crippen LogP contribution in [0.5, 0.6) is 0 Å². The van der Waals surface area contributed by atoms with Crippen molar-refractivity contribution in [3.8, 4) is 17.2 Å². The molecule has 0 spiro atoms. The molecule has 9 heteroatoms. The quantitative estimate of drug-likeness (QED) is 0.450. The molecular formula is C25H25ClN6O2. The predicted octanol–water partition coefficient (Wildman–Crippen LogP) is 3.50. The monoisotopic (exact) mass is 476 g/mol. The number of anilines is 1. The van der Waals surface area contributed by atoms with Crippen LogP contribution in [0.25, 0.3) is 28.2 Å². The lowest BCUT2D eigenvalue weighted by Gasteiger charge is -2.35. The fourth-order valence-electron chi connectivity index (χ4n) is 4.52. The number of hydrogen-bond acceptors (Lipinski definition) is 5. The molecule has 1 unspecified atom stereocenters. The summed E-state index contributed by atoms with van der Waals surface area (Å²) in [6, 6.07) is 12.7. The summed E-state index contributed by atoms with van der Waals surface area (Å²) in [6.07, 6.45) is 5.13. The number of hydrogen-bond donors (Lipinski definition) is 0. The van der Waals surface area contributed by atoms with Crippen LogP contribution in [0.15, 0.2) is 59.7 Å². The van der Waals surface area contributed by atoms with Gasteiger partial charge in [-0.05, 0) is 69.4 Å². The van der Waals surface area contributed by atoms with Crippen LogP contribution in [-0.4, -0.2) is 56.6 Å². The average molecular weight is 477 g/mol. The first kappa shape index (κ1) is 22.3. The van der Waals surface area contributed by atoms with Crippen LogP contribution in [-0.2, 0) is 11.8 Å². The number of rotatable bonds is 4. The number of halogens is 1. The minimum absolute atomic E-state index is 0.107. The van der Waals surface area contributed by atoms with Gasteiger partial charge < -0.3 is 9.47 Å². The molecule has 0 N–H and O–H groups in total. The van der Waals surface area contributed by atoms with E-state index < -0.39 is 0 Å². The summed E-state index contributed by atoms with van der Waals surface area (Å²) < 4.78 is 3.26. The molecular weight excluding hydrogens is 452 g/mol. The molecule has 5 rings (SSSR count). The van der Waals surface area contributed by atoms with Gasteiger partial charge in [0.15, 0.2) is 0 Å². The van der Waals surface area contributed by atoms with Gasteiger partial charge in [0.05, 0.1) is 16.6 Å². The number of nitrogens with zero attached hydrogens (tertiary/aromatic N) is 6. The van der Waals surface area contributed by atoms with E-state index >= 15 is 0 Å². The zero-order valence-corrected chi connectivity index (χ0v) is 20.0. The second-order valence-electron chi connectivity index (χ2n) is 8.73. The minimum Gasteiger partial charge on any atom is -0.345 e. The number of carbonyl (C=O) groups is 1. The second kappa shape index (κ2) is 8.70. The summed E-state index contributed by atoms with van der Waals surface area (Å²) in [5, 5.41) is 0.484. The lowest BCUT2D eigenvalue weighted by Crippen LogP contribution is -2.50. The topological polar surface area (TPSA) is 76.3 Å². The number of fused-ring (bicyclic) bond motifs is 1. The van der Waals surface area contributed by atoms with E-state index in [0.717, 1.165) is 24.1 Å². The van der Waals surface area contributed by atoms with Crippen LogP contribution in [0.1, 0.15) is 12.8 Å². The van der Waals surface area contributed by atoms with E-state index in [4.69, 9.17) is 16.6 Å². The molecule has 174 valence electrons. The molecule has 1 atom stereocenters. The Morgan fingerprint density at radius 1 is 1.06 bits per heavy atom. The Labute approximate surface area is 202 Å². The SMILES string of the molecule is CN(C)C1CCCN(c2ccc(-c3nc4ccn(C)c4c(=O)n3-c3ccc(Cl)cn3)cc2)C1=O. The molecule has 34 heavy (non-hydrogen) atoms. The Balaban J connectivity index is 1.61.